The first-order valence-electron chi connectivity index (χ1n) is 15.2. The van der Waals surface area contributed by atoms with Crippen molar-refractivity contribution in [3.05, 3.63) is 76.8 Å². The van der Waals surface area contributed by atoms with Gasteiger partial charge in [-0.05, 0) is 41.7 Å². The summed E-state index contributed by atoms with van der Waals surface area (Å²) in [6.07, 6.45) is 1.28. The smallest absolute Gasteiger partial charge is 0.347 e. The van der Waals surface area contributed by atoms with Crippen LogP contribution in [-0.4, -0.2) is 61.8 Å². The first-order chi connectivity index (χ1) is 21.5. The quantitative estimate of drug-likeness (QED) is 0.319. The number of halogens is 1. The Morgan fingerprint density at radius 2 is 1.78 bits per heavy atom. The van der Waals surface area contributed by atoms with Crippen molar-refractivity contribution >= 4 is 35.4 Å². The Morgan fingerprint density at radius 3 is 2.47 bits per heavy atom. The van der Waals surface area contributed by atoms with Gasteiger partial charge >= 0.3 is 11.9 Å². The predicted octanol–water partition coefficient (Wildman–Crippen LogP) is 4.49. The Balaban J connectivity index is 1.55. The molecule has 2 heterocycles. The van der Waals surface area contributed by atoms with Crippen molar-refractivity contribution in [1.29, 1.82) is 0 Å². The summed E-state index contributed by atoms with van der Waals surface area (Å²) in [4.78, 5) is 52.3. The highest BCUT2D eigenvalue weighted by Gasteiger charge is 2.47. The summed E-state index contributed by atoms with van der Waals surface area (Å²) in [7, 11) is 1.50. The van der Waals surface area contributed by atoms with Crippen LogP contribution in [0, 0.1) is 11.8 Å². The van der Waals surface area contributed by atoms with Gasteiger partial charge in [0.15, 0.2) is 6.10 Å². The molecule has 2 amide bonds. The number of benzene rings is 2. The number of nitrogens with one attached hydrogen (secondary N) is 2. The molecular formula is C34H41ClN2O8. The van der Waals surface area contributed by atoms with Gasteiger partial charge in [-0.3, -0.25) is 14.4 Å². The highest BCUT2D eigenvalue weighted by molar-refractivity contribution is 6.32. The van der Waals surface area contributed by atoms with Crippen LogP contribution in [0.25, 0.3) is 0 Å². The molecule has 0 spiro atoms. The summed E-state index contributed by atoms with van der Waals surface area (Å²) in [5.41, 5.74) is 1.73. The lowest BCUT2D eigenvalue weighted by Crippen LogP contribution is -2.48. The Morgan fingerprint density at radius 1 is 1.02 bits per heavy atom. The molecule has 0 aliphatic carbocycles. The highest BCUT2D eigenvalue weighted by Crippen LogP contribution is 2.45. The second-order valence-corrected chi connectivity index (χ2v) is 12.2. The van der Waals surface area contributed by atoms with Crippen molar-refractivity contribution < 1.29 is 38.1 Å². The van der Waals surface area contributed by atoms with E-state index in [4.69, 9.17) is 30.5 Å². The molecule has 1 fully saturated rings. The van der Waals surface area contributed by atoms with Crippen molar-refractivity contribution in [1.82, 2.24) is 10.6 Å². The van der Waals surface area contributed by atoms with E-state index in [-0.39, 0.29) is 56.3 Å². The van der Waals surface area contributed by atoms with Crippen LogP contribution in [0.1, 0.15) is 57.3 Å². The molecule has 0 aromatic heterocycles. The molecule has 0 unspecified atom stereocenters. The number of carbonyl (C=O) groups is 4. The number of rotatable bonds is 8. The highest BCUT2D eigenvalue weighted by atomic mass is 35.5. The normalized spacial score (nSPS) is 25.5. The molecular weight excluding hydrogens is 600 g/mol. The molecule has 0 saturated carbocycles. The number of carbonyl (C=O) groups excluding carboxylic acids is 4. The van der Waals surface area contributed by atoms with E-state index < -0.39 is 42.0 Å². The maximum absolute atomic E-state index is 13.4. The van der Waals surface area contributed by atoms with E-state index in [1.165, 1.54) is 13.2 Å². The lowest BCUT2D eigenvalue weighted by Gasteiger charge is -2.26. The second-order valence-electron chi connectivity index (χ2n) is 11.8. The van der Waals surface area contributed by atoms with E-state index in [9.17, 15) is 19.2 Å². The van der Waals surface area contributed by atoms with Gasteiger partial charge in [0.25, 0.3) is 0 Å². The number of hydrogen-bond donors (Lipinski definition) is 2. The van der Waals surface area contributed by atoms with E-state index >= 15 is 0 Å². The predicted molar refractivity (Wildman–Crippen MR) is 167 cm³/mol. The van der Waals surface area contributed by atoms with Crippen molar-refractivity contribution in [2.45, 2.75) is 76.9 Å². The van der Waals surface area contributed by atoms with Crippen LogP contribution >= 0.6 is 11.6 Å². The third-order valence-electron chi connectivity index (χ3n) is 7.80. The van der Waals surface area contributed by atoms with Crippen LogP contribution in [0.5, 0.6) is 5.75 Å². The first kappa shape index (κ1) is 34.0. The van der Waals surface area contributed by atoms with Crippen molar-refractivity contribution in [2.75, 3.05) is 13.7 Å². The Bertz CT molecular complexity index is 1380. The Kier molecular flexibility index (Phi) is 12.0. The minimum atomic E-state index is -1.11. The number of ether oxygens (including phenoxy) is 4. The van der Waals surface area contributed by atoms with Crippen LogP contribution in [0.3, 0.4) is 0 Å². The molecule has 2 aromatic rings. The van der Waals surface area contributed by atoms with E-state index in [1.807, 2.05) is 51.1 Å². The van der Waals surface area contributed by atoms with Crippen LogP contribution in [0.15, 0.2) is 60.7 Å². The SMILES string of the molecule is COc1ccc(C[C@H]2NC(=O)C=CC[C@@H]([C@H](C)[C@H]3O[C@@H]3c3ccccc3)OC(=O)[C@H](CC(C)C)OC(=O)CCNC2=O)cc1Cl. The Labute approximate surface area is 268 Å². The molecule has 1 saturated heterocycles. The molecule has 6 atom stereocenters. The van der Waals surface area contributed by atoms with Crippen molar-refractivity contribution in [3.8, 4) is 5.75 Å². The molecule has 4 rings (SSSR count). The number of cyclic esters (lactones) is 2. The van der Waals surface area contributed by atoms with Gasteiger partial charge in [0.1, 0.15) is 24.0 Å². The number of hydrogen-bond acceptors (Lipinski definition) is 8. The summed E-state index contributed by atoms with van der Waals surface area (Å²) in [5, 5.41) is 5.80. The fourth-order valence-electron chi connectivity index (χ4n) is 5.30. The monoisotopic (exact) mass is 640 g/mol. The van der Waals surface area contributed by atoms with Gasteiger partial charge in [0.2, 0.25) is 11.8 Å². The third-order valence-corrected chi connectivity index (χ3v) is 8.10. The van der Waals surface area contributed by atoms with Crippen LogP contribution in [0.4, 0.5) is 0 Å². The molecule has 45 heavy (non-hydrogen) atoms. The summed E-state index contributed by atoms with van der Waals surface area (Å²) < 4.78 is 22.7. The van der Waals surface area contributed by atoms with E-state index in [0.717, 1.165) is 5.56 Å². The average molecular weight is 641 g/mol. The average Bonchev–Trinajstić information content (AvgIpc) is 3.80. The van der Waals surface area contributed by atoms with Gasteiger partial charge in [-0.15, -0.1) is 0 Å². The molecule has 2 aliphatic rings. The largest absolute Gasteiger partial charge is 0.495 e. The van der Waals surface area contributed by atoms with Crippen molar-refractivity contribution in [3.63, 3.8) is 0 Å². The zero-order chi connectivity index (χ0) is 32.5. The maximum atomic E-state index is 13.4. The molecule has 0 radical (unpaired) electrons. The van der Waals surface area contributed by atoms with Gasteiger partial charge in [0, 0.05) is 25.3 Å². The fourth-order valence-corrected chi connectivity index (χ4v) is 5.58. The zero-order valence-corrected chi connectivity index (χ0v) is 26.8. The number of amides is 2. The minimum Gasteiger partial charge on any atom is -0.495 e. The molecule has 242 valence electrons. The van der Waals surface area contributed by atoms with Crippen LogP contribution < -0.4 is 15.4 Å². The molecule has 0 bridgehead atoms. The number of epoxide rings is 1. The molecule has 10 nitrogen and oxygen atoms in total. The first-order valence-corrected chi connectivity index (χ1v) is 15.6. The summed E-state index contributed by atoms with van der Waals surface area (Å²) in [6.45, 7) is 5.72. The minimum absolute atomic E-state index is 0.0431. The maximum Gasteiger partial charge on any atom is 0.347 e. The topological polar surface area (TPSA) is 133 Å². The van der Waals surface area contributed by atoms with E-state index in [0.29, 0.717) is 16.3 Å². The standard InChI is InChI=1S/C34H41ClN2O8/c1-20(2)17-28-34(41)44-26(21(3)31-32(45-31)23-9-6-5-7-10-23)11-8-12-29(38)37-25(33(40)36-16-15-30(39)43-28)19-22-13-14-27(42-4)24(35)18-22/h5-10,12-14,18,20-21,25-26,28,31-32H,11,15-17,19H2,1-4H3,(H,36,40)(H,37,38)/t21-,25+,26-,28-,31+,32+/m0/s1. The lowest BCUT2D eigenvalue weighted by atomic mass is 9.93. The molecule has 2 N–H and O–H groups in total. The molecule has 2 aliphatic heterocycles. The summed E-state index contributed by atoms with van der Waals surface area (Å²) in [6, 6.07) is 13.9. The van der Waals surface area contributed by atoms with Crippen molar-refractivity contribution in [2.24, 2.45) is 11.8 Å². The van der Waals surface area contributed by atoms with Crippen LogP contribution in [0.2, 0.25) is 5.02 Å². The summed E-state index contributed by atoms with van der Waals surface area (Å²) >= 11 is 6.28. The third kappa shape index (κ3) is 9.80. The van der Waals surface area contributed by atoms with E-state index in [1.54, 1.807) is 24.3 Å². The lowest BCUT2D eigenvalue weighted by molar-refractivity contribution is -0.174. The van der Waals surface area contributed by atoms with E-state index in [2.05, 4.69) is 10.6 Å². The number of esters is 2. The Hall–Kier alpha value is -3.89. The van der Waals surface area contributed by atoms with Crippen LogP contribution in [-0.2, 0) is 39.8 Å². The van der Waals surface area contributed by atoms with Gasteiger partial charge in [-0.1, -0.05) is 74.8 Å². The van der Waals surface area contributed by atoms with Gasteiger partial charge in [0.05, 0.1) is 24.7 Å². The summed E-state index contributed by atoms with van der Waals surface area (Å²) in [5.74, 6) is -1.99. The molecule has 11 heteroatoms. The second kappa shape index (κ2) is 15.9. The van der Waals surface area contributed by atoms with Gasteiger partial charge < -0.3 is 29.6 Å². The van der Waals surface area contributed by atoms with Gasteiger partial charge in [-0.2, -0.15) is 0 Å². The molecule has 2 aromatic carbocycles. The van der Waals surface area contributed by atoms with Gasteiger partial charge in [-0.25, -0.2) is 4.79 Å². The number of methoxy groups -OCH3 is 1. The fraction of sp³-hybridized carbons (Fsp3) is 0.471. The zero-order valence-electron chi connectivity index (χ0n) is 26.0.